The molecule has 9 rings (SSSR count). The van der Waals surface area contributed by atoms with E-state index in [0.29, 0.717) is 16.7 Å². The van der Waals surface area contributed by atoms with Crippen LogP contribution >= 0.6 is 0 Å². The zero-order valence-electron chi connectivity index (χ0n) is 26.9. The molecule has 0 amide bonds. The van der Waals surface area contributed by atoms with Gasteiger partial charge in [0.05, 0.1) is 62.7 Å². The van der Waals surface area contributed by atoms with Crippen LogP contribution in [0.1, 0.15) is 34.6 Å². The van der Waals surface area contributed by atoms with E-state index in [1.807, 2.05) is 60.7 Å². The first-order chi connectivity index (χ1) is 24.7. The lowest BCUT2D eigenvalue weighted by molar-refractivity contribution is 0.838. The smallest absolute Gasteiger partial charge is 0.0991 e. The van der Waals surface area contributed by atoms with Gasteiger partial charge < -0.3 is 9.13 Å². The summed E-state index contributed by atoms with van der Waals surface area (Å²) in [5.41, 5.74) is 11.5. The lowest BCUT2D eigenvalue weighted by Crippen LogP contribution is -2.08. The molecular weight excluding hydrogens is 611 g/mol. The number of benzene rings is 6. The molecule has 0 saturated carbocycles. The minimum absolute atomic E-state index is 0.00251. The van der Waals surface area contributed by atoms with Gasteiger partial charge in [-0.3, -0.25) is 0 Å². The van der Waals surface area contributed by atoms with E-state index in [1.54, 1.807) is 0 Å². The molecular formula is C45H27N5. The quantitative estimate of drug-likeness (QED) is 0.193. The first-order valence-corrected chi connectivity index (χ1v) is 16.5. The van der Waals surface area contributed by atoms with Crippen molar-refractivity contribution in [1.82, 2.24) is 9.13 Å². The maximum atomic E-state index is 10.1. The molecule has 0 fully saturated rings. The van der Waals surface area contributed by atoms with Crippen molar-refractivity contribution in [3.63, 3.8) is 0 Å². The van der Waals surface area contributed by atoms with E-state index < -0.39 is 0 Å². The molecule has 1 unspecified atom stereocenters. The van der Waals surface area contributed by atoms with Crippen LogP contribution in [0.2, 0.25) is 0 Å². The van der Waals surface area contributed by atoms with Gasteiger partial charge in [-0.2, -0.15) is 15.8 Å². The van der Waals surface area contributed by atoms with Crippen LogP contribution in [0.15, 0.2) is 146 Å². The molecule has 0 saturated heterocycles. The number of aromatic nitrogens is 2. The third-order valence-electron chi connectivity index (χ3n) is 9.97. The molecule has 0 bridgehead atoms. The van der Waals surface area contributed by atoms with E-state index in [2.05, 4.69) is 112 Å². The maximum Gasteiger partial charge on any atom is 0.0991 e. The van der Waals surface area contributed by atoms with Gasteiger partial charge in [-0.25, -0.2) is 0 Å². The second-order valence-electron chi connectivity index (χ2n) is 12.7. The van der Waals surface area contributed by atoms with Gasteiger partial charge in [0.15, 0.2) is 0 Å². The molecule has 8 aromatic rings. The number of rotatable bonds is 4. The number of para-hydroxylation sites is 3. The van der Waals surface area contributed by atoms with E-state index in [4.69, 9.17) is 0 Å². The van der Waals surface area contributed by atoms with Crippen LogP contribution in [0.3, 0.4) is 0 Å². The average Bonchev–Trinajstić information content (AvgIpc) is 3.69. The van der Waals surface area contributed by atoms with Crippen molar-refractivity contribution in [2.75, 3.05) is 0 Å². The lowest BCUT2D eigenvalue weighted by Gasteiger charge is -2.25. The molecule has 6 aromatic carbocycles. The Morgan fingerprint density at radius 2 is 1.04 bits per heavy atom. The minimum atomic E-state index is -0.00251. The predicted molar refractivity (Wildman–Crippen MR) is 201 cm³/mol. The van der Waals surface area contributed by atoms with Gasteiger partial charge in [-0.1, -0.05) is 72.8 Å². The Hall–Kier alpha value is -7.13. The van der Waals surface area contributed by atoms with Gasteiger partial charge in [0.2, 0.25) is 0 Å². The van der Waals surface area contributed by atoms with Gasteiger partial charge in [0.1, 0.15) is 0 Å². The summed E-state index contributed by atoms with van der Waals surface area (Å²) in [5.74, 6) is -0.00251. The molecule has 50 heavy (non-hydrogen) atoms. The van der Waals surface area contributed by atoms with Crippen LogP contribution in [0.5, 0.6) is 0 Å². The Kier molecular flexibility index (Phi) is 6.70. The molecule has 5 heteroatoms. The summed E-state index contributed by atoms with van der Waals surface area (Å²) in [7, 11) is 0. The van der Waals surface area contributed by atoms with Gasteiger partial charge in [-0.15, -0.1) is 0 Å². The van der Waals surface area contributed by atoms with Gasteiger partial charge in [0, 0.05) is 38.7 Å². The molecule has 1 aliphatic rings. The average molecular weight is 638 g/mol. The Morgan fingerprint density at radius 1 is 0.500 bits per heavy atom. The highest BCUT2D eigenvalue weighted by Crippen LogP contribution is 2.43. The van der Waals surface area contributed by atoms with Gasteiger partial charge in [-0.05, 0) is 90.4 Å². The van der Waals surface area contributed by atoms with Crippen molar-refractivity contribution < 1.29 is 0 Å². The van der Waals surface area contributed by atoms with E-state index in [-0.39, 0.29) is 5.92 Å². The second kappa shape index (κ2) is 11.5. The number of nitrogens with zero attached hydrogens (tertiary/aromatic N) is 5. The van der Waals surface area contributed by atoms with Crippen molar-refractivity contribution >= 4 is 49.3 Å². The molecule has 2 aromatic heterocycles. The number of allylic oxidation sites excluding steroid dienone is 4. The Bertz CT molecular complexity index is 2890. The van der Waals surface area contributed by atoms with Gasteiger partial charge in [0.25, 0.3) is 0 Å². The van der Waals surface area contributed by atoms with Gasteiger partial charge >= 0.3 is 0 Å². The van der Waals surface area contributed by atoms with Crippen LogP contribution < -0.4 is 0 Å². The third kappa shape index (κ3) is 4.45. The zero-order chi connectivity index (χ0) is 33.8. The standard InChI is InChI=1S/C45H27N5/c46-26-29-16-19-34(35-10-1-5-14-42(35)50-43-15-6-3-12-37(43)40-24-31(28-48)18-21-45(40)50)38(22-29)32-8-7-9-33(25-32)49-41-13-4-2-11-36(41)39-23-30(27-47)17-20-44(39)49/h1-24,32H,25H2. The molecule has 1 aliphatic carbocycles. The molecule has 1 atom stereocenters. The summed E-state index contributed by atoms with van der Waals surface area (Å²) in [6.07, 6.45) is 7.26. The highest BCUT2D eigenvalue weighted by molar-refractivity contribution is 6.11. The van der Waals surface area contributed by atoms with Crippen LogP contribution in [0.4, 0.5) is 0 Å². The van der Waals surface area contributed by atoms with Crippen molar-refractivity contribution in [2.24, 2.45) is 0 Å². The molecule has 0 aliphatic heterocycles. The van der Waals surface area contributed by atoms with E-state index >= 15 is 0 Å². The fourth-order valence-electron chi connectivity index (χ4n) is 7.78. The first kappa shape index (κ1) is 29.0. The molecule has 0 radical (unpaired) electrons. The van der Waals surface area contributed by atoms with Crippen molar-refractivity contribution in [3.05, 3.63) is 168 Å². The summed E-state index contributed by atoms with van der Waals surface area (Å²) < 4.78 is 4.61. The van der Waals surface area contributed by atoms with Crippen LogP contribution in [0, 0.1) is 34.0 Å². The highest BCUT2D eigenvalue weighted by atomic mass is 15.0. The molecule has 5 nitrogen and oxygen atoms in total. The summed E-state index contributed by atoms with van der Waals surface area (Å²) >= 11 is 0. The topological polar surface area (TPSA) is 81.2 Å². The normalized spacial score (nSPS) is 14.1. The fraction of sp³-hybridized carbons (Fsp3) is 0.0444. The Morgan fingerprint density at radius 3 is 1.72 bits per heavy atom. The van der Waals surface area contributed by atoms with E-state index in [9.17, 15) is 15.8 Å². The lowest BCUT2D eigenvalue weighted by atomic mass is 9.84. The summed E-state index contributed by atoms with van der Waals surface area (Å²) in [6.45, 7) is 0. The maximum absolute atomic E-state index is 10.1. The second-order valence-corrected chi connectivity index (χ2v) is 12.7. The summed E-state index contributed by atoms with van der Waals surface area (Å²) in [4.78, 5) is 0. The third-order valence-corrected chi connectivity index (χ3v) is 9.97. The van der Waals surface area contributed by atoms with E-state index in [1.165, 1.54) is 0 Å². The minimum Gasteiger partial charge on any atom is -0.313 e. The van der Waals surface area contributed by atoms with Crippen LogP contribution in [-0.4, -0.2) is 9.13 Å². The monoisotopic (exact) mass is 637 g/mol. The number of hydrogen-bond acceptors (Lipinski definition) is 3. The number of nitriles is 3. The summed E-state index contributed by atoms with van der Waals surface area (Å²) in [6, 6.07) is 49.9. The Balaban J connectivity index is 1.21. The zero-order valence-corrected chi connectivity index (χ0v) is 26.9. The number of hydrogen-bond donors (Lipinski definition) is 0. The molecule has 2 heterocycles. The molecule has 0 N–H and O–H groups in total. The van der Waals surface area contributed by atoms with Crippen LogP contribution in [-0.2, 0) is 0 Å². The van der Waals surface area contributed by atoms with Crippen LogP contribution in [0.25, 0.3) is 66.1 Å². The first-order valence-electron chi connectivity index (χ1n) is 16.5. The number of fused-ring (bicyclic) bond motifs is 6. The SMILES string of the molecule is N#Cc1ccc(-c2ccccc2-n2c3ccccc3c3cc(C#N)ccc32)c(C2C=CC=C(n3c4ccccc4c4cc(C#N)ccc43)C2)c1. The Labute approximate surface area is 288 Å². The van der Waals surface area contributed by atoms with Crippen molar-refractivity contribution in [1.29, 1.82) is 15.8 Å². The molecule has 0 spiro atoms. The fourth-order valence-corrected chi connectivity index (χ4v) is 7.78. The van der Waals surface area contributed by atoms with Crippen molar-refractivity contribution in [3.8, 4) is 35.0 Å². The largest absolute Gasteiger partial charge is 0.313 e. The molecule has 232 valence electrons. The highest BCUT2D eigenvalue weighted by Gasteiger charge is 2.24. The predicted octanol–water partition coefficient (Wildman–Crippen LogP) is 10.8. The summed E-state index contributed by atoms with van der Waals surface area (Å²) in [5, 5.41) is 33.7. The van der Waals surface area contributed by atoms with E-state index in [0.717, 1.165) is 78.1 Å². The van der Waals surface area contributed by atoms with Crippen molar-refractivity contribution in [2.45, 2.75) is 12.3 Å².